The smallest absolute Gasteiger partial charge is 0.465 e. The van der Waals surface area contributed by atoms with Gasteiger partial charge in [0, 0.05) is 16.6 Å². The Morgan fingerprint density at radius 1 is 0.864 bits per heavy atom. The average Bonchev–Trinajstić information content (AvgIpc) is 3.20. The molecule has 8 nitrogen and oxygen atoms in total. The number of esters is 2. The van der Waals surface area contributed by atoms with E-state index in [-0.39, 0.29) is 25.5 Å². The zero-order valence-corrected chi connectivity index (χ0v) is 26.3. The van der Waals surface area contributed by atoms with Gasteiger partial charge in [-0.05, 0) is 59.6 Å². The summed E-state index contributed by atoms with van der Waals surface area (Å²) in [5.41, 5.74) is 8.44. The summed E-state index contributed by atoms with van der Waals surface area (Å²) < 4.78 is 36.0. The fourth-order valence-corrected chi connectivity index (χ4v) is 4.34. The van der Waals surface area contributed by atoms with Crippen LogP contribution in [0.5, 0.6) is 0 Å². The third-order valence-corrected chi connectivity index (χ3v) is 7.38. The molecule has 3 aromatic carbocycles. The lowest BCUT2D eigenvalue weighted by Crippen LogP contribution is -2.41. The monoisotopic (exact) mass is 604 g/mol. The summed E-state index contributed by atoms with van der Waals surface area (Å²) in [6.45, 7) is 11.8. The van der Waals surface area contributed by atoms with Crippen molar-refractivity contribution < 1.29 is 32.8 Å². The van der Waals surface area contributed by atoms with E-state index < -0.39 is 36.1 Å². The van der Waals surface area contributed by atoms with Gasteiger partial charge in [-0.1, -0.05) is 72.8 Å². The van der Waals surface area contributed by atoms with E-state index in [9.17, 15) is 14.0 Å². The highest BCUT2D eigenvalue weighted by Crippen LogP contribution is 2.36. The molecule has 0 aliphatic carbocycles. The molecule has 1 saturated heterocycles. The summed E-state index contributed by atoms with van der Waals surface area (Å²) in [7, 11) is -0.761. The largest absolute Gasteiger partial charge is 0.497 e. The normalized spacial score (nSPS) is 15.4. The predicted octanol–water partition coefficient (Wildman–Crippen LogP) is 4.64. The summed E-state index contributed by atoms with van der Waals surface area (Å²) in [5.74, 6) is -1.24. The van der Waals surface area contributed by atoms with Crippen molar-refractivity contribution in [2.45, 2.75) is 65.2 Å². The number of nitrogens with zero attached hydrogens (tertiary/aromatic N) is 1. The molecule has 1 atom stereocenters. The van der Waals surface area contributed by atoms with Gasteiger partial charge in [0.1, 0.15) is 18.4 Å². The number of ether oxygens (including phenoxy) is 2. The Hall–Kier alpha value is -3.86. The first-order chi connectivity index (χ1) is 20.9. The summed E-state index contributed by atoms with van der Waals surface area (Å²) in [6, 6.07) is 23.6. The molecule has 0 spiro atoms. The molecule has 0 radical (unpaired) electrons. The van der Waals surface area contributed by atoms with Crippen molar-refractivity contribution in [3.63, 3.8) is 0 Å². The fraction of sp³-hybridized carbons (Fsp3) is 0.382. The topological polar surface area (TPSA) is 109 Å². The number of aliphatic imine (C=N–C) groups is 1. The lowest BCUT2D eigenvalue weighted by molar-refractivity contribution is -0.144. The molecule has 1 aliphatic rings. The van der Waals surface area contributed by atoms with Gasteiger partial charge in [-0.25, -0.2) is 4.39 Å². The van der Waals surface area contributed by atoms with E-state index in [1.54, 1.807) is 26.0 Å². The van der Waals surface area contributed by atoms with Crippen molar-refractivity contribution in [1.82, 2.24) is 0 Å². The van der Waals surface area contributed by atoms with Gasteiger partial charge in [0.25, 0.3) is 0 Å². The van der Waals surface area contributed by atoms with Crippen molar-refractivity contribution in [3.8, 4) is 0 Å². The van der Waals surface area contributed by atoms with Crippen LogP contribution in [0.3, 0.4) is 0 Å². The van der Waals surface area contributed by atoms with E-state index >= 15 is 0 Å². The first-order valence-electron chi connectivity index (χ1n) is 14.8. The highest BCUT2D eigenvalue weighted by atomic mass is 19.1. The second kappa shape index (κ2) is 15.7. The maximum absolute atomic E-state index is 14.5. The maximum atomic E-state index is 14.5. The van der Waals surface area contributed by atoms with E-state index in [4.69, 9.17) is 24.5 Å². The molecule has 2 N–H and O–H groups in total. The second-order valence-electron chi connectivity index (χ2n) is 11.2. The standard InChI is InChI=1S/C17H25BFNO4.C17H17NO2/c1-6-22-15(21)14(20)10-11-7-8-12(13(19)9-11)18-23-16(2,3)17(4,5)24-18;1-2-20-16(19)13-18-17(14-9-5-3-6-10-14)15-11-7-4-8-12-15/h7-9,14H,6,10,20H2,1-5H3;3-12H,2,13H2,1H3. The van der Waals surface area contributed by atoms with Crippen LogP contribution in [0.4, 0.5) is 4.39 Å². The van der Waals surface area contributed by atoms with Crippen LogP contribution in [0.1, 0.15) is 58.2 Å². The van der Waals surface area contributed by atoms with Gasteiger partial charge in [0.15, 0.2) is 0 Å². The molecule has 1 unspecified atom stereocenters. The van der Waals surface area contributed by atoms with Crippen molar-refractivity contribution in [2.24, 2.45) is 10.7 Å². The zero-order chi connectivity index (χ0) is 32.3. The number of halogens is 1. The van der Waals surface area contributed by atoms with E-state index in [1.807, 2.05) is 88.4 Å². The first-order valence-corrected chi connectivity index (χ1v) is 14.8. The molecule has 44 heavy (non-hydrogen) atoms. The molecule has 1 fully saturated rings. The molecule has 0 bridgehead atoms. The number of nitrogens with two attached hydrogens (primary N) is 1. The third-order valence-electron chi connectivity index (χ3n) is 7.38. The number of benzene rings is 3. The highest BCUT2D eigenvalue weighted by Gasteiger charge is 2.52. The summed E-state index contributed by atoms with van der Waals surface area (Å²) in [5, 5.41) is 0. The number of rotatable bonds is 10. The van der Waals surface area contributed by atoms with E-state index in [1.165, 1.54) is 6.07 Å². The molecule has 3 aromatic rings. The molecule has 234 valence electrons. The van der Waals surface area contributed by atoms with Crippen LogP contribution in [0.15, 0.2) is 83.9 Å². The number of hydrogen-bond donors (Lipinski definition) is 1. The number of hydrogen-bond acceptors (Lipinski definition) is 8. The SMILES string of the molecule is CCOC(=O)C(N)Cc1ccc(B2OC(C)(C)C(C)(C)O2)c(F)c1.CCOC(=O)CN=C(c1ccccc1)c1ccccc1. The Kier molecular flexibility index (Phi) is 12.4. The van der Waals surface area contributed by atoms with Gasteiger partial charge in [-0.3, -0.25) is 14.6 Å². The van der Waals surface area contributed by atoms with Crippen LogP contribution in [-0.2, 0) is 34.8 Å². The lowest BCUT2D eigenvalue weighted by atomic mass is 9.78. The Morgan fingerprint density at radius 3 is 1.86 bits per heavy atom. The van der Waals surface area contributed by atoms with Crippen LogP contribution in [0.25, 0.3) is 0 Å². The highest BCUT2D eigenvalue weighted by molar-refractivity contribution is 6.62. The van der Waals surface area contributed by atoms with Crippen LogP contribution in [0.2, 0.25) is 0 Å². The van der Waals surface area contributed by atoms with Crippen molar-refractivity contribution >= 4 is 30.2 Å². The van der Waals surface area contributed by atoms with Crippen LogP contribution >= 0.6 is 0 Å². The lowest BCUT2D eigenvalue weighted by Gasteiger charge is -2.32. The van der Waals surface area contributed by atoms with Crippen LogP contribution in [-0.4, -0.2) is 61.8 Å². The average molecular weight is 605 g/mol. The maximum Gasteiger partial charge on any atom is 0.497 e. The Balaban J connectivity index is 0.000000244. The second-order valence-corrected chi connectivity index (χ2v) is 11.2. The van der Waals surface area contributed by atoms with Crippen molar-refractivity contribution in [2.75, 3.05) is 19.8 Å². The van der Waals surface area contributed by atoms with Crippen molar-refractivity contribution in [3.05, 3.63) is 101 Å². The van der Waals surface area contributed by atoms with Crippen LogP contribution < -0.4 is 11.2 Å². The molecule has 0 amide bonds. The molecule has 4 rings (SSSR count). The van der Waals surface area contributed by atoms with Gasteiger partial charge in [-0.15, -0.1) is 0 Å². The Bertz CT molecular complexity index is 1360. The van der Waals surface area contributed by atoms with Gasteiger partial charge >= 0.3 is 19.1 Å². The minimum atomic E-state index is -0.813. The van der Waals surface area contributed by atoms with Gasteiger partial charge in [0.05, 0.1) is 30.1 Å². The molecule has 0 aromatic heterocycles. The quantitative estimate of drug-likeness (QED) is 0.204. The fourth-order valence-electron chi connectivity index (χ4n) is 4.34. The van der Waals surface area contributed by atoms with E-state index in [0.29, 0.717) is 17.6 Å². The minimum absolute atomic E-state index is 0.0347. The molecule has 1 aliphatic heterocycles. The van der Waals surface area contributed by atoms with Gasteiger partial charge in [-0.2, -0.15) is 0 Å². The zero-order valence-electron chi connectivity index (χ0n) is 26.3. The molecule has 10 heteroatoms. The summed E-state index contributed by atoms with van der Waals surface area (Å²) in [6.07, 6.45) is 0.208. The minimum Gasteiger partial charge on any atom is -0.465 e. The van der Waals surface area contributed by atoms with E-state index in [0.717, 1.165) is 16.8 Å². The molecular formula is C34H42BFN2O6. The first kappa shape index (κ1) is 34.6. The van der Waals surface area contributed by atoms with Gasteiger partial charge in [0.2, 0.25) is 0 Å². The van der Waals surface area contributed by atoms with Gasteiger partial charge < -0.3 is 24.5 Å². The number of carbonyl (C=O) groups is 2. The Morgan fingerprint density at radius 2 is 1.39 bits per heavy atom. The van der Waals surface area contributed by atoms with E-state index in [2.05, 4.69) is 4.99 Å². The molecular weight excluding hydrogens is 562 g/mol. The predicted molar refractivity (Wildman–Crippen MR) is 170 cm³/mol. The van der Waals surface area contributed by atoms with Crippen LogP contribution in [0, 0.1) is 5.82 Å². The van der Waals surface area contributed by atoms with Crippen molar-refractivity contribution in [1.29, 1.82) is 0 Å². The third kappa shape index (κ3) is 9.32. The number of carbonyl (C=O) groups excluding carboxylic acids is 2. The molecule has 0 saturated carbocycles. The molecule has 1 heterocycles. The summed E-state index contributed by atoms with van der Waals surface area (Å²) >= 11 is 0. The Labute approximate surface area is 259 Å². The summed E-state index contributed by atoms with van der Waals surface area (Å²) in [4.78, 5) is 27.5.